The Morgan fingerprint density at radius 3 is 2.91 bits per heavy atom. The van der Waals surface area contributed by atoms with E-state index in [0.29, 0.717) is 28.6 Å². The molecule has 0 aliphatic rings. The van der Waals surface area contributed by atoms with Gasteiger partial charge in [-0.05, 0) is 42.0 Å². The molecule has 0 saturated carbocycles. The average molecular weight is 452 g/mol. The Morgan fingerprint density at radius 2 is 2.12 bits per heavy atom. The van der Waals surface area contributed by atoms with Crippen LogP contribution in [0.15, 0.2) is 52.9 Å². The van der Waals surface area contributed by atoms with Gasteiger partial charge in [0.2, 0.25) is 5.95 Å². The second kappa shape index (κ2) is 8.88. The molecule has 4 aromatic rings. The summed E-state index contributed by atoms with van der Waals surface area (Å²) in [5, 5.41) is 5.15. The molecule has 0 aromatic carbocycles. The predicted molar refractivity (Wildman–Crippen MR) is 122 cm³/mol. The highest BCUT2D eigenvalue weighted by atomic mass is 32.1. The van der Waals surface area contributed by atoms with E-state index in [0.717, 1.165) is 11.5 Å². The quantitative estimate of drug-likeness (QED) is 0.406. The fourth-order valence-corrected chi connectivity index (χ4v) is 3.85. The Hall–Kier alpha value is -3.59. The van der Waals surface area contributed by atoms with E-state index >= 15 is 0 Å². The Kier molecular flexibility index (Phi) is 6.00. The molecule has 1 amide bonds. The molecule has 0 radical (unpaired) electrons. The third-order valence-electron chi connectivity index (χ3n) is 4.64. The van der Waals surface area contributed by atoms with Crippen molar-refractivity contribution in [2.75, 3.05) is 5.32 Å². The van der Waals surface area contributed by atoms with Gasteiger partial charge < -0.3 is 8.98 Å². The average Bonchev–Trinajstić information content (AvgIpc) is 3.46. The number of halogens is 1. The molecule has 0 aliphatic heterocycles. The van der Waals surface area contributed by atoms with Crippen LogP contribution in [0.1, 0.15) is 54.0 Å². The first-order valence-corrected chi connectivity index (χ1v) is 10.8. The van der Waals surface area contributed by atoms with Crippen LogP contribution in [0.5, 0.6) is 0 Å². The molecule has 0 aliphatic carbocycles. The van der Waals surface area contributed by atoms with E-state index in [1.54, 1.807) is 29.0 Å². The Labute approximate surface area is 188 Å². The van der Waals surface area contributed by atoms with Crippen molar-refractivity contribution >= 4 is 34.5 Å². The summed E-state index contributed by atoms with van der Waals surface area (Å²) in [4.78, 5) is 25.0. The summed E-state index contributed by atoms with van der Waals surface area (Å²) in [5.74, 6) is -0.0439. The number of carbonyl (C=O) groups excluding carboxylic acids is 1. The van der Waals surface area contributed by atoms with Crippen LogP contribution in [-0.4, -0.2) is 25.4 Å². The van der Waals surface area contributed by atoms with Crippen molar-refractivity contribution in [1.29, 1.82) is 0 Å². The van der Waals surface area contributed by atoms with E-state index < -0.39 is 5.95 Å². The van der Waals surface area contributed by atoms with Gasteiger partial charge in [0.1, 0.15) is 17.1 Å². The van der Waals surface area contributed by atoms with Crippen LogP contribution >= 0.6 is 11.3 Å². The van der Waals surface area contributed by atoms with Crippen molar-refractivity contribution in [3.05, 3.63) is 82.8 Å². The first kappa shape index (κ1) is 21.6. The molecule has 4 heterocycles. The Bertz CT molecular complexity index is 1270. The summed E-state index contributed by atoms with van der Waals surface area (Å²) < 4.78 is 20.6. The second-order valence-corrected chi connectivity index (χ2v) is 9.05. The lowest BCUT2D eigenvalue weighted by Crippen LogP contribution is -2.17. The highest BCUT2D eigenvalue weighted by molar-refractivity contribution is 7.14. The number of oxazole rings is 1. The van der Waals surface area contributed by atoms with Crippen LogP contribution in [0, 0.1) is 5.95 Å². The lowest BCUT2D eigenvalue weighted by Gasteiger charge is -2.14. The molecule has 1 N–H and O–H groups in total. The molecule has 0 saturated heterocycles. The first-order valence-electron chi connectivity index (χ1n) is 9.94. The van der Waals surface area contributed by atoms with Crippen molar-refractivity contribution < 1.29 is 13.6 Å². The van der Waals surface area contributed by atoms with E-state index in [4.69, 9.17) is 4.42 Å². The van der Waals surface area contributed by atoms with Gasteiger partial charge in [-0.3, -0.25) is 10.1 Å². The van der Waals surface area contributed by atoms with E-state index in [2.05, 4.69) is 41.0 Å². The van der Waals surface area contributed by atoms with Crippen molar-refractivity contribution in [3.63, 3.8) is 0 Å². The highest BCUT2D eigenvalue weighted by Crippen LogP contribution is 2.27. The topological polar surface area (TPSA) is 85.8 Å². The molecule has 7 nitrogen and oxygen atoms in total. The minimum absolute atomic E-state index is 0.158. The van der Waals surface area contributed by atoms with Crippen LogP contribution < -0.4 is 5.32 Å². The SMILES string of the molecule is CC(C)(C)c1ocnc1C=Cc1csc(NC(=O)c2cccn2Cc2ccnc(F)c2)n1. The fraction of sp³-hybridized carbons (Fsp3) is 0.217. The monoisotopic (exact) mass is 451 g/mol. The number of aromatic nitrogens is 4. The van der Waals surface area contributed by atoms with Crippen LogP contribution in [-0.2, 0) is 12.0 Å². The van der Waals surface area contributed by atoms with E-state index in [1.165, 1.54) is 30.0 Å². The van der Waals surface area contributed by atoms with E-state index in [-0.39, 0.29) is 11.3 Å². The van der Waals surface area contributed by atoms with Crippen LogP contribution in [0.2, 0.25) is 0 Å². The summed E-state index contributed by atoms with van der Waals surface area (Å²) in [7, 11) is 0. The van der Waals surface area contributed by atoms with Gasteiger partial charge in [0.15, 0.2) is 11.5 Å². The van der Waals surface area contributed by atoms with Gasteiger partial charge in [-0.15, -0.1) is 11.3 Å². The van der Waals surface area contributed by atoms with Gasteiger partial charge in [0, 0.05) is 29.7 Å². The molecule has 32 heavy (non-hydrogen) atoms. The number of pyridine rings is 1. The minimum atomic E-state index is -0.552. The van der Waals surface area contributed by atoms with E-state index in [1.807, 2.05) is 17.5 Å². The summed E-state index contributed by atoms with van der Waals surface area (Å²) in [6, 6.07) is 6.54. The second-order valence-electron chi connectivity index (χ2n) is 8.19. The number of nitrogens with zero attached hydrogens (tertiary/aromatic N) is 4. The number of nitrogens with one attached hydrogen (secondary N) is 1. The maximum atomic E-state index is 13.4. The van der Waals surface area contributed by atoms with Crippen LogP contribution in [0.4, 0.5) is 9.52 Å². The van der Waals surface area contributed by atoms with Crippen molar-refractivity contribution in [3.8, 4) is 0 Å². The minimum Gasteiger partial charge on any atom is -0.447 e. The molecule has 9 heteroatoms. The zero-order chi connectivity index (χ0) is 22.7. The van der Waals surface area contributed by atoms with Gasteiger partial charge in [0.25, 0.3) is 5.91 Å². The van der Waals surface area contributed by atoms with Gasteiger partial charge >= 0.3 is 0 Å². The molecular formula is C23H22FN5O2S. The number of hydrogen-bond acceptors (Lipinski definition) is 6. The number of anilines is 1. The summed E-state index contributed by atoms with van der Waals surface area (Å²) in [5.41, 5.74) is 2.46. The fourth-order valence-electron chi connectivity index (χ4n) is 3.18. The molecule has 0 spiro atoms. The number of amides is 1. The van der Waals surface area contributed by atoms with Crippen molar-refractivity contribution in [2.24, 2.45) is 0 Å². The molecule has 4 rings (SSSR count). The molecule has 0 unspecified atom stereocenters. The number of rotatable bonds is 6. The maximum absolute atomic E-state index is 13.4. The third-order valence-corrected chi connectivity index (χ3v) is 5.41. The number of hydrogen-bond donors (Lipinski definition) is 1. The highest BCUT2D eigenvalue weighted by Gasteiger charge is 2.21. The lowest BCUT2D eigenvalue weighted by molar-refractivity contribution is 0.101. The summed E-state index contributed by atoms with van der Waals surface area (Å²) >= 11 is 1.33. The molecule has 0 bridgehead atoms. The Balaban J connectivity index is 1.44. The lowest BCUT2D eigenvalue weighted by atomic mass is 9.92. The summed E-state index contributed by atoms with van der Waals surface area (Å²) in [6.07, 6.45) is 8.29. The van der Waals surface area contributed by atoms with Gasteiger partial charge in [-0.25, -0.2) is 15.0 Å². The standard InChI is InChI=1S/C23H22FN5O2S/c1-23(2,3)20-17(26-14-31-20)7-6-16-13-32-22(27-16)28-21(30)18-5-4-10-29(18)12-15-8-9-25-19(24)11-15/h4-11,13-14H,12H2,1-3H3,(H,27,28,30). The molecular weight excluding hydrogens is 429 g/mol. The van der Waals surface area contributed by atoms with Gasteiger partial charge in [-0.1, -0.05) is 20.8 Å². The predicted octanol–water partition coefficient (Wildman–Crippen LogP) is 5.24. The van der Waals surface area contributed by atoms with Crippen LogP contribution in [0.25, 0.3) is 12.2 Å². The van der Waals surface area contributed by atoms with Crippen molar-refractivity contribution in [1.82, 2.24) is 19.5 Å². The molecule has 164 valence electrons. The third kappa shape index (κ3) is 5.00. The maximum Gasteiger partial charge on any atom is 0.274 e. The van der Waals surface area contributed by atoms with Gasteiger partial charge in [0.05, 0.1) is 5.69 Å². The Morgan fingerprint density at radius 1 is 1.28 bits per heavy atom. The number of carbonyl (C=O) groups is 1. The molecule has 0 fully saturated rings. The number of thiazole rings is 1. The van der Waals surface area contributed by atoms with Gasteiger partial charge in [-0.2, -0.15) is 4.39 Å². The zero-order valence-corrected chi connectivity index (χ0v) is 18.7. The first-order chi connectivity index (χ1) is 15.3. The summed E-state index contributed by atoms with van der Waals surface area (Å²) in [6.45, 7) is 6.53. The zero-order valence-electron chi connectivity index (χ0n) is 17.9. The molecule has 0 atom stereocenters. The smallest absolute Gasteiger partial charge is 0.274 e. The molecule has 4 aromatic heterocycles. The normalized spacial score (nSPS) is 11.9. The van der Waals surface area contributed by atoms with Crippen molar-refractivity contribution in [2.45, 2.75) is 32.7 Å². The largest absolute Gasteiger partial charge is 0.447 e. The van der Waals surface area contributed by atoms with E-state index in [9.17, 15) is 9.18 Å². The van der Waals surface area contributed by atoms with Crippen LogP contribution in [0.3, 0.4) is 0 Å².